The standard InChI is InChI=1S/C20H24ClNO6/c1-5-26-19(24)27-17-16(15-12(2)10-14(21)11-13(15)3)18(23)28-20(17)6-8-22(25-4)9-7-20/h10-11H,5-9H2,1-4H3. The van der Waals surface area contributed by atoms with Gasteiger partial charge in [0.05, 0.1) is 13.7 Å². The van der Waals surface area contributed by atoms with Crippen LogP contribution < -0.4 is 0 Å². The second-order valence-corrected chi connectivity index (χ2v) is 7.34. The highest BCUT2D eigenvalue weighted by atomic mass is 35.5. The van der Waals surface area contributed by atoms with E-state index in [0.717, 1.165) is 11.1 Å². The van der Waals surface area contributed by atoms with Gasteiger partial charge in [-0.3, -0.25) is 0 Å². The number of esters is 1. The first kappa shape index (κ1) is 20.6. The number of nitrogens with zero attached hydrogens (tertiary/aromatic N) is 1. The average molecular weight is 410 g/mol. The van der Waals surface area contributed by atoms with Crippen LogP contribution in [-0.4, -0.2) is 49.6 Å². The Bertz CT molecular complexity index is 803. The molecule has 0 saturated carbocycles. The van der Waals surface area contributed by atoms with Gasteiger partial charge in [-0.25, -0.2) is 9.59 Å². The number of piperidine rings is 1. The third-order valence-corrected chi connectivity index (χ3v) is 5.33. The van der Waals surface area contributed by atoms with Gasteiger partial charge in [0.15, 0.2) is 11.4 Å². The molecule has 0 aliphatic carbocycles. The Labute approximate surface area is 169 Å². The number of hydroxylamine groups is 2. The van der Waals surface area contributed by atoms with Gasteiger partial charge in [0.2, 0.25) is 0 Å². The number of ether oxygens (including phenoxy) is 3. The minimum absolute atomic E-state index is 0.166. The molecule has 1 aromatic rings. The molecule has 0 aromatic heterocycles. The first-order valence-corrected chi connectivity index (χ1v) is 9.58. The topological polar surface area (TPSA) is 74.3 Å². The summed E-state index contributed by atoms with van der Waals surface area (Å²) < 4.78 is 16.4. The van der Waals surface area contributed by atoms with E-state index in [4.69, 9.17) is 30.6 Å². The molecule has 2 aliphatic rings. The van der Waals surface area contributed by atoms with Crippen molar-refractivity contribution in [1.82, 2.24) is 5.06 Å². The smallest absolute Gasteiger partial charge is 0.447 e. The Balaban J connectivity index is 2.12. The van der Waals surface area contributed by atoms with Gasteiger partial charge in [0, 0.05) is 31.0 Å². The van der Waals surface area contributed by atoms with Crippen molar-refractivity contribution in [3.8, 4) is 0 Å². The third-order valence-electron chi connectivity index (χ3n) is 5.12. The summed E-state index contributed by atoms with van der Waals surface area (Å²) in [6, 6.07) is 3.54. The maximum atomic E-state index is 12.9. The van der Waals surface area contributed by atoms with Gasteiger partial charge in [-0.15, -0.1) is 0 Å². The fraction of sp³-hybridized carbons (Fsp3) is 0.500. The molecule has 28 heavy (non-hydrogen) atoms. The fourth-order valence-electron chi connectivity index (χ4n) is 3.85. The average Bonchev–Trinajstić information content (AvgIpc) is 2.87. The van der Waals surface area contributed by atoms with Crippen molar-refractivity contribution in [1.29, 1.82) is 0 Å². The number of halogens is 1. The summed E-state index contributed by atoms with van der Waals surface area (Å²) in [6.45, 7) is 6.63. The van der Waals surface area contributed by atoms with Gasteiger partial charge in [0.25, 0.3) is 0 Å². The maximum absolute atomic E-state index is 12.9. The van der Waals surface area contributed by atoms with Gasteiger partial charge in [-0.05, 0) is 49.6 Å². The third kappa shape index (κ3) is 3.74. The van der Waals surface area contributed by atoms with Crippen LogP contribution in [-0.2, 0) is 23.8 Å². The van der Waals surface area contributed by atoms with Gasteiger partial charge in [0.1, 0.15) is 5.57 Å². The lowest BCUT2D eigenvalue weighted by Crippen LogP contribution is -2.46. The summed E-state index contributed by atoms with van der Waals surface area (Å²) in [5.74, 6) is -0.307. The maximum Gasteiger partial charge on any atom is 0.513 e. The number of carbonyl (C=O) groups is 2. The second-order valence-electron chi connectivity index (χ2n) is 6.90. The van der Waals surface area contributed by atoms with E-state index in [2.05, 4.69) is 0 Å². The predicted octanol–water partition coefficient (Wildman–Crippen LogP) is 3.79. The first-order chi connectivity index (χ1) is 13.3. The SMILES string of the molecule is CCOC(=O)OC1=C(c2c(C)cc(Cl)cc2C)C(=O)OC12CCN(OC)CC2. The lowest BCUT2D eigenvalue weighted by molar-refractivity contribution is -0.183. The summed E-state index contributed by atoms with van der Waals surface area (Å²) in [5, 5.41) is 2.35. The summed E-state index contributed by atoms with van der Waals surface area (Å²) in [5.41, 5.74) is 1.50. The van der Waals surface area contributed by atoms with Crippen LogP contribution in [0.15, 0.2) is 17.9 Å². The van der Waals surface area contributed by atoms with E-state index in [1.165, 1.54) is 0 Å². The van der Waals surface area contributed by atoms with Crippen molar-refractivity contribution < 1.29 is 28.6 Å². The van der Waals surface area contributed by atoms with Crippen LogP contribution in [0.25, 0.3) is 5.57 Å². The summed E-state index contributed by atoms with van der Waals surface area (Å²) in [4.78, 5) is 30.4. The molecule has 8 heteroatoms. The molecule has 0 N–H and O–H groups in total. The van der Waals surface area contributed by atoms with E-state index in [1.54, 1.807) is 31.2 Å². The Morgan fingerprint density at radius 3 is 2.39 bits per heavy atom. The van der Waals surface area contributed by atoms with Gasteiger partial charge >= 0.3 is 12.1 Å². The molecule has 0 unspecified atom stereocenters. The normalized spacial score (nSPS) is 19.1. The Morgan fingerprint density at radius 1 is 1.25 bits per heavy atom. The Morgan fingerprint density at radius 2 is 1.86 bits per heavy atom. The van der Waals surface area contributed by atoms with Crippen molar-refractivity contribution >= 4 is 29.3 Å². The van der Waals surface area contributed by atoms with Crippen molar-refractivity contribution in [2.45, 2.75) is 39.2 Å². The number of carbonyl (C=O) groups excluding carboxylic acids is 2. The van der Waals surface area contributed by atoms with E-state index in [0.29, 0.717) is 36.5 Å². The zero-order valence-electron chi connectivity index (χ0n) is 16.5. The van der Waals surface area contributed by atoms with Crippen LogP contribution in [0.4, 0.5) is 4.79 Å². The van der Waals surface area contributed by atoms with Crippen molar-refractivity contribution in [3.63, 3.8) is 0 Å². The highest BCUT2D eigenvalue weighted by molar-refractivity contribution is 6.31. The first-order valence-electron chi connectivity index (χ1n) is 9.20. The minimum atomic E-state index is -1.02. The lowest BCUT2D eigenvalue weighted by Gasteiger charge is -2.37. The van der Waals surface area contributed by atoms with Crippen LogP contribution in [0.1, 0.15) is 36.5 Å². The summed E-state index contributed by atoms with van der Waals surface area (Å²) in [7, 11) is 1.59. The number of aryl methyl sites for hydroxylation is 2. The number of hydrogen-bond acceptors (Lipinski definition) is 7. The van der Waals surface area contributed by atoms with E-state index < -0.39 is 17.7 Å². The van der Waals surface area contributed by atoms with Crippen LogP contribution >= 0.6 is 11.6 Å². The summed E-state index contributed by atoms with van der Waals surface area (Å²) >= 11 is 6.14. The number of rotatable bonds is 4. The molecular formula is C20H24ClNO6. The largest absolute Gasteiger partial charge is 0.513 e. The molecule has 152 valence electrons. The molecule has 3 rings (SSSR count). The lowest BCUT2D eigenvalue weighted by atomic mass is 9.86. The van der Waals surface area contributed by atoms with Gasteiger partial charge in [-0.2, -0.15) is 5.06 Å². The Kier molecular flexibility index (Phi) is 5.98. The van der Waals surface area contributed by atoms with Crippen LogP contribution in [0.3, 0.4) is 0 Å². The zero-order valence-corrected chi connectivity index (χ0v) is 17.2. The van der Waals surface area contributed by atoms with E-state index in [1.807, 2.05) is 13.8 Å². The van der Waals surface area contributed by atoms with Crippen LogP contribution in [0.2, 0.25) is 5.02 Å². The van der Waals surface area contributed by atoms with Gasteiger partial charge < -0.3 is 19.0 Å². The van der Waals surface area contributed by atoms with Crippen molar-refractivity contribution in [2.24, 2.45) is 0 Å². The highest BCUT2D eigenvalue weighted by Crippen LogP contribution is 2.46. The minimum Gasteiger partial charge on any atom is -0.447 e. The molecule has 0 bridgehead atoms. The molecule has 1 fully saturated rings. The van der Waals surface area contributed by atoms with Crippen LogP contribution in [0.5, 0.6) is 0 Å². The molecule has 0 atom stereocenters. The van der Waals surface area contributed by atoms with Crippen LogP contribution in [0, 0.1) is 13.8 Å². The molecule has 2 heterocycles. The molecule has 1 aromatic carbocycles. The fourth-order valence-corrected chi connectivity index (χ4v) is 4.18. The molecule has 1 saturated heterocycles. The van der Waals surface area contributed by atoms with Crippen molar-refractivity contribution in [2.75, 3.05) is 26.8 Å². The number of benzene rings is 1. The quantitative estimate of drug-likeness (QED) is 0.700. The van der Waals surface area contributed by atoms with Crippen molar-refractivity contribution in [3.05, 3.63) is 39.6 Å². The molecule has 0 amide bonds. The number of hydrogen-bond donors (Lipinski definition) is 0. The zero-order chi connectivity index (χ0) is 20.5. The second kappa shape index (κ2) is 8.11. The van der Waals surface area contributed by atoms with E-state index in [9.17, 15) is 9.59 Å². The van der Waals surface area contributed by atoms with E-state index >= 15 is 0 Å². The Hall–Kier alpha value is -2.09. The molecule has 2 aliphatic heterocycles. The molecular weight excluding hydrogens is 386 g/mol. The monoisotopic (exact) mass is 409 g/mol. The molecule has 0 radical (unpaired) electrons. The molecule has 7 nitrogen and oxygen atoms in total. The summed E-state index contributed by atoms with van der Waals surface area (Å²) in [6.07, 6.45) is 0.0265. The predicted molar refractivity (Wildman–Crippen MR) is 103 cm³/mol. The molecule has 1 spiro atoms. The van der Waals surface area contributed by atoms with Gasteiger partial charge in [-0.1, -0.05) is 11.6 Å². The highest BCUT2D eigenvalue weighted by Gasteiger charge is 2.53. The van der Waals surface area contributed by atoms with E-state index in [-0.39, 0.29) is 17.9 Å².